The van der Waals surface area contributed by atoms with Gasteiger partial charge in [-0.3, -0.25) is 9.59 Å². The lowest BCUT2D eigenvalue weighted by molar-refractivity contribution is -0.132. The van der Waals surface area contributed by atoms with Gasteiger partial charge in [-0.15, -0.1) is 0 Å². The van der Waals surface area contributed by atoms with E-state index in [0.717, 1.165) is 17.8 Å². The molecule has 1 aliphatic rings. The van der Waals surface area contributed by atoms with E-state index >= 15 is 0 Å². The number of ether oxygens (including phenoxy) is 1. The smallest absolute Gasteiger partial charge is 0.263 e. The molecule has 0 saturated carbocycles. The van der Waals surface area contributed by atoms with Gasteiger partial charge in [0, 0.05) is 32.6 Å². The number of likely N-dealkylation sites (tertiary alicyclic amines) is 1. The molecule has 1 saturated heterocycles. The highest BCUT2D eigenvalue weighted by molar-refractivity contribution is 5.89. The fourth-order valence-electron chi connectivity index (χ4n) is 2.10. The van der Waals surface area contributed by atoms with Crippen molar-refractivity contribution in [1.29, 1.82) is 0 Å². The molecule has 19 heavy (non-hydrogen) atoms. The summed E-state index contributed by atoms with van der Waals surface area (Å²) in [6.45, 7) is 4.09. The number of hydrogen-bond donors (Lipinski definition) is 1. The third kappa shape index (κ3) is 3.05. The maximum atomic E-state index is 11.8. The van der Waals surface area contributed by atoms with Crippen molar-refractivity contribution < 1.29 is 14.3 Å². The number of carbonyl (C=O) groups is 2. The van der Waals surface area contributed by atoms with Crippen LogP contribution in [0.15, 0.2) is 18.2 Å². The summed E-state index contributed by atoms with van der Waals surface area (Å²) in [6, 6.07) is 5.38. The van der Waals surface area contributed by atoms with Crippen molar-refractivity contribution in [3.8, 4) is 5.75 Å². The lowest BCUT2D eigenvalue weighted by atomic mass is 10.2. The SMILES string of the molecule is CC(=O)Nc1ccc(OC2CCN(C)C2=O)cc1C. The van der Waals surface area contributed by atoms with Crippen LogP contribution >= 0.6 is 0 Å². The highest BCUT2D eigenvalue weighted by atomic mass is 16.5. The second-order valence-corrected chi connectivity index (χ2v) is 4.81. The average Bonchev–Trinajstić information content (AvgIpc) is 2.64. The van der Waals surface area contributed by atoms with E-state index in [9.17, 15) is 9.59 Å². The van der Waals surface area contributed by atoms with Crippen molar-refractivity contribution in [2.24, 2.45) is 0 Å². The third-order valence-corrected chi connectivity index (χ3v) is 3.17. The van der Waals surface area contributed by atoms with Gasteiger partial charge in [0.2, 0.25) is 5.91 Å². The van der Waals surface area contributed by atoms with E-state index in [1.54, 1.807) is 24.1 Å². The zero-order valence-electron chi connectivity index (χ0n) is 11.4. The second-order valence-electron chi connectivity index (χ2n) is 4.81. The maximum absolute atomic E-state index is 11.8. The molecule has 1 fully saturated rings. The first kappa shape index (κ1) is 13.4. The largest absolute Gasteiger partial charge is 0.481 e. The van der Waals surface area contributed by atoms with Gasteiger partial charge in [-0.05, 0) is 30.7 Å². The van der Waals surface area contributed by atoms with Gasteiger partial charge in [0.05, 0.1) is 0 Å². The van der Waals surface area contributed by atoms with Crippen LogP contribution in [0.1, 0.15) is 18.9 Å². The fraction of sp³-hybridized carbons (Fsp3) is 0.429. The lowest BCUT2D eigenvalue weighted by Crippen LogP contribution is -2.29. The average molecular weight is 262 g/mol. The van der Waals surface area contributed by atoms with Gasteiger partial charge in [-0.25, -0.2) is 0 Å². The number of likely N-dealkylation sites (N-methyl/N-ethyl adjacent to an activating group) is 1. The maximum Gasteiger partial charge on any atom is 0.263 e. The molecule has 2 rings (SSSR count). The molecule has 0 aromatic heterocycles. The van der Waals surface area contributed by atoms with E-state index in [2.05, 4.69) is 5.32 Å². The number of nitrogens with zero attached hydrogens (tertiary/aromatic N) is 1. The third-order valence-electron chi connectivity index (χ3n) is 3.17. The molecule has 1 aromatic rings. The summed E-state index contributed by atoms with van der Waals surface area (Å²) in [5, 5.41) is 2.74. The lowest BCUT2D eigenvalue weighted by Gasteiger charge is -2.14. The van der Waals surface area contributed by atoms with Gasteiger partial charge >= 0.3 is 0 Å². The van der Waals surface area contributed by atoms with Crippen molar-refractivity contribution in [3.63, 3.8) is 0 Å². The number of hydrogen-bond acceptors (Lipinski definition) is 3. The summed E-state index contributed by atoms with van der Waals surface area (Å²) in [6.07, 6.45) is 0.318. The molecule has 1 aliphatic heterocycles. The molecular formula is C14H18N2O3. The molecule has 1 heterocycles. The fourth-order valence-corrected chi connectivity index (χ4v) is 2.10. The van der Waals surface area contributed by atoms with Crippen LogP contribution < -0.4 is 10.1 Å². The Kier molecular flexibility index (Phi) is 3.74. The van der Waals surface area contributed by atoms with Crippen molar-refractivity contribution in [1.82, 2.24) is 4.90 Å². The Labute approximate surface area is 112 Å². The van der Waals surface area contributed by atoms with Crippen molar-refractivity contribution in [2.75, 3.05) is 18.9 Å². The topological polar surface area (TPSA) is 58.6 Å². The molecule has 0 bridgehead atoms. The number of anilines is 1. The Morgan fingerprint density at radius 3 is 2.74 bits per heavy atom. The first-order valence-electron chi connectivity index (χ1n) is 6.27. The first-order chi connectivity index (χ1) is 8.97. The molecule has 5 nitrogen and oxygen atoms in total. The van der Waals surface area contributed by atoms with Crippen LogP contribution in [0, 0.1) is 6.92 Å². The molecule has 1 aromatic carbocycles. The van der Waals surface area contributed by atoms with Gasteiger partial charge in [-0.2, -0.15) is 0 Å². The van der Waals surface area contributed by atoms with Crippen LogP contribution in [0.2, 0.25) is 0 Å². The minimum absolute atomic E-state index is 0.0172. The molecule has 102 valence electrons. The quantitative estimate of drug-likeness (QED) is 0.899. The first-order valence-corrected chi connectivity index (χ1v) is 6.27. The molecule has 0 aliphatic carbocycles. The molecule has 5 heteroatoms. The second kappa shape index (κ2) is 5.30. The Balaban J connectivity index is 2.08. The normalized spacial score (nSPS) is 18.6. The van der Waals surface area contributed by atoms with Crippen LogP contribution in [0.5, 0.6) is 5.75 Å². The minimum atomic E-state index is -0.393. The Morgan fingerprint density at radius 2 is 2.21 bits per heavy atom. The molecule has 1 atom stereocenters. The van der Waals surface area contributed by atoms with Gasteiger partial charge in [0.1, 0.15) is 5.75 Å². The number of benzene rings is 1. The summed E-state index contributed by atoms with van der Waals surface area (Å²) >= 11 is 0. The van der Waals surface area contributed by atoms with E-state index in [-0.39, 0.29) is 11.8 Å². The molecular weight excluding hydrogens is 244 g/mol. The minimum Gasteiger partial charge on any atom is -0.481 e. The van der Waals surface area contributed by atoms with Crippen LogP contribution in [0.4, 0.5) is 5.69 Å². The van der Waals surface area contributed by atoms with Crippen LogP contribution in [0.3, 0.4) is 0 Å². The number of nitrogens with one attached hydrogen (secondary N) is 1. The molecule has 2 amide bonds. The number of rotatable bonds is 3. The Bertz CT molecular complexity index is 513. The standard InChI is InChI=1S/C14H18N2O3/c1-9-8-11(4-5-12(9)15-10(2)17)19-13-6-7-16(3)14(13)18/h4-5,8,13H,6-7H2,1-3H3,(H,15,17). The summed E-state index contributed by atoms with van der Waals surface area (Å²) in [4.78, 5) is 24.4. The van der Waals surface area contributed by atoms with Crippen molar-refractivity contribution in [2.45, 2.75) is 26.4 Å². The number of amides is 2. The molecule has 0 radical (unpaired) electrons. The van der Waals surface area contributed by atoms with Gasteiger partial charge in [0.25, 0.3) is 5.91 Å². The van der Waals surface area contributed by atoms with Gasteiger partial charge < -0.3 is 15.0 Å². The van der Waals surface area contributed by atoms with E-state index in [1.807, 2.05) is 13.0 Å². The Hall–Kier alpha value is -2.04. The van der Waals surface area contributed by atoms with E-state index < -0.39 is 6.10 Å². The van der Waals surface area contributed by atoms with E-state index in [4.69, 9.17) is 4.74 Å². The van der Waals surface area contributed by atoms with Gasteiger partial charge in [0.15, 0.2) is 6.10 Å². The highest BCUT2D eigenvalue weighted by Gasteiger charge is 2.30. The van der Waals surface area contributed by atoms with E-state index in [0.29, 0.717) is 12.2 Å². The zero-order valence-corrected chi connectivity index (χ0v) is 11.4. The summed E-state index contributed by atoms with van der Waals surface area (Å²) < 4.78 is 5.69. The van der Waals surface area contributed by atoms with Crippen LogP contribution in [0.25, 0.3) is 0 Å². The molecule has 1 unspecified atom stereocenters. The Morgan fingerprint density at radius 1 is 1.47 bits per heavy atom. The predicted molar refractivity (Wildman–Crippen MR) is 72.2 cm³/mol. The summed E-state index contributed by atoms with van der Waals surface area (Å²) in [5.74, 6) is 0.563. The van der Waals surface area contributed by atoms with Crippen LogP contribution in [-0.2, 0) is 9.59 Å². The van der Waals surface area contributed by atoms with E-state index in [1.165, 1.54) is 6.92 Å². The number of aryl methyl sites for hydroxylation is 1. The van der Waals surface area contributed by atoms with Crippen molar-refractivity contribution in [3.05, 3.63) is 23.8 Å². The monoisotopic (exact) mass is 262 g/mol. The number of carbonyl (C=O) groups excluding carboxylic acids is 2. The van der Waals surface area contributed by atoms with Crippen LogP contribution in [-0.4, -0.2) is 36.4 Å². The highest BCUT2D eigenvalue weighted by Crippen LogP contribution is 2.24. The zero-order chi connectivity index (χ0) is 14.0. The predicted octanol–water partition coefficient (Wildman–Crippen LogP) is 1.56. The van der Waals surface area contributed by atoms with Crippen molar-refractivity contribution >= 4 is 17.5 Å². The summed E-state index contributed by atoms with van der Waals surface area (Å²) in [5.41, 5.74) is 1.67. The molecule has 0 spiro atoms. The summed E-state index contributed by atoms with van der Waals surface area (Å²) in [7, 11) is 1.77. The molecule has 1 N–H and O–H groups in total. The van der Waals surface area contributed by atoms with Gasteiger partial charge in [-0.1, -0.05) is 0 Å².